The smallest absolute Gasteiger partial charge is 0.416 e. The van der Waals surface area contributed by atoms with Gasteiger partial charge in [0.05, 0.1) is 6.54 Å². The molecule has 0 radical (unpaired) electrons. The second-order valence-electron chi connectivity index (χ2n) is 2.73. The van der Waals surface area contributed by atoms with Crippen molar-refractivity contribution < 1.29 is 14.3 Å². The predicted octanol–water partition coefficient (Wildman–Crippen LogP) is 0.663. The topological polar surface area (TPSA) is 72.6 Å². The van der Waals surface area contributed by atoms with Crippen molar-refractivity contribution in [2.24, 2.45) is 5.73 Å². The first kappa shape index (κ1) is 11.8. The standard InChI is InChI=1S/C6H7Cl3N2O3/c7-6(8,9)2-14-5(13)11-1-3(10)4(11)12/h3H,1-2,10H2/t3-/m0/s1. The third-order valence-electron chi connectivity index (χ3n) is 1.54. The Morgan fingerprint density at radius 3 is 2.57 bits per heavy atom. The summed E-state index contributed by atoms with van der Waals surface area (Å²) in [7, 11) is 0. The summed E-state index contributed by atoms with van der Waals surface area (Å²) in [5.74, 6) is -0.487. The molecule has 8 heteroatoms. The highest BCUT2D eigenvalue weighted by molar-refractivity contribution is 6.67. The van der Waals surface area contributed by atoms with E-state index >= 15 is 0 Å². The van der Waals surface area contributed by atoms with Gasteiger partial charge >= 0.3 is 6.09 Å². The van der Waals surface area contributed by atoms with Gasteiger partial charge in [-0.2, -0.15) is 0 Å². The van der Waals surface area contributed by atoms with E-state index in [4.69, 9.17) is 40.5 Å². The molecular formula is C6H7Cl3N2O3. The van der Waals surface area contributed by atoms with Gasteiger partial charge in [0.25, 0.3) is 5.91 Å². The van der Waals surface area contributed by atoms with Crippen molar-refractivity contribution >= 4 is 46.8 Å². The molecule has 0 aromatic carbocycles. The fraction of sp³-hybridized carbons (Fsp3) is 0.667. The Kier molecular flexibility index (Phi) is 3.47. The van der Waals surface area contributed by atoms with Gasteiger partial charge in [0.2, 0.25) is 3.79 Å². The highest BCUT2D eigenvalue weighted by Crippen LogP contribution is 2.26. The minimum Gasteiger partial charge on any atom is -0.445 e. The van der Waals surface area contributed by atoms with Gasteiger partial charge in [0.1, 0.15) is 12.6 Å². The molecule has 1 aliphatic heterocycles. The maximum absolute atomic E-state index is 11.1. The predicted molar refractivity (Wildman–Crippen MR) is 51.3 cm³/mol. The molecule has 0 unspecified atom stereocenters. The lowest BCUT2D eigenvalue weighted by atomic mass is 10.1. The lowest BCUT2D eigenvalue weighted by Gasteiger charge is -2.33. The molecule has 0 saturated carbocycles. The zero-order valence-corrected chi connectivity index (χ0v) is 9.14. The number of hydrogen-bond acceptors (Lipinski definition) is 4. The van der Waals surface area contributed by atoms with E-state index < -0.39 is 28.4 Å². The number of ether oxygens (including phenoxy) is 1. The van der Waals surface area contributed by atoms with Gasteiger partial charge in [-0.25, -0.2) is 9.69 Å². The van der Waals surface area contributed by atoms with Gasteiger partial charge < -0.3 is 10.5 Å². The van der Waals surface area contributed by atoms with E-state index in [2.05, 4.69) is 4.74 Å². The molecule has 1 aliphatic rings. The zero-order valence-electron chi connectivity index (χ0n) is 6.87. The molecule has 0 bridgehead atoms. The second-order valence-corrected chi connectivity index (χ2v) is 5.24. The Labute approximate surface area is 95.0 Å². The number of carbonyl (C=O) groups is 2. The Hall–Kier alpha value is -0.230. The molecule has 14 heavy (non-hydrogen) atoms. The minimum absolute atomic E-state index is 0.136. The Morgan fingerprint density at radius 1 is 1.64 bits per heavy atom. The van der Waals surface area contributed by atoms with E-state index in [0.717, 1.165) is 4.90 Å². The summed E-state index contributed by atoms with van der Waals surface area (Å²) in [5.41, 5.74) is 5.25. The maximum atomic E-state index is 11.1. The van der Waals surface area contributed by atoms with Crippen molar-refractivity contribution in [2.75, 3.05) is 13.2 Å². The summed E-state index contributed by atoms with van der Waals surface area (Å²) >= 11 is 16.0. The largest absolute Gasteiger partial charge is 0.445 e. The van der Waals surface area contributed by atoms with Gasteiger partial charge in [-0.3, -0.25) is 4.79 Å². The normalized spacial score (nSPS) is 21.9. The molecular weight excluding hydrogens is 254 g/mol. The SMILES string of the molecule is N[C@H]1CN(C(=O)OCC(Cl)(Cl)Cl)C1=O. The summed E-state index contributed by atoms with van der Waals surface area (Å²) in [6, 6.07) is -0.629. The number of imide groups is 1. The van der Waals surface area contributed by atoms with Gasteiger partial charge in [0, 0.05) is 0 Å². The van der Waals surface area contributed by atoms with Crippen molar-refractivity contribution in [3.63, 3.8) is 0 Å². The number of β-lactam (4-membered cyclic amide) rings is 1. The zero-order chi connectivity index (χ0) is 10.9. The van der Waals surface area contributed by atoms with Gasteiger partial charge in [0.15, 0.2) is 0 Å². The molecule has 0 spiro atoms. The van der Waals surface area contributed by atoms with Crippen molar-refractivity contribution in [2.45, 2.75) is 9.83 Å². The first-order chi connectivity index (χ1) is 6.31. The van der Waals surface area contributed by atoms with Crippen molar-refractivity contribution in [3.05, 3.63) is 0 Å². The van der Waals surface area contributed by atoms with E-state index in [-0.39, 0.29) is 6.54 Å². The molecule has 2 N–H and O–H groups in total. The molecule has 2 amide bonds. The first-order valence-corrected chi connectivity index (χ1v) is 4.75. The van der Waals surface area contributed by atoms with Crippen molar-refractivity contribution in [1.82, 2.24) is 4.90 Å². The van der Waals surface area contributed by atoms with Gasteiger partial charge in [-0.05, 0) is 0 Å². The third kappa shape index (κ3) is 2.88. The monoisotopic (exact) mass is 260 g/mol. The molecule has 1 heterocycles. The average Bonchev–Trinajstić information content (AvgIpc) is 2.08. The quantitative estimate of drug-likeness (QED) is 0.556. The molecule has 1 rings (SSSR count). The fourth-order valence-corrected chi connectivity index (χ4v) is 1.00. The van der Waals surface area contributed by atoms with Gasteiger partial charge in [-0.15, -0.1) is 0 Å². The van der Waals surface area contributed by atoms with Crippen LogP contribution in [0.15, 0.2) is 0 Å². The number of nitrogens with zero attached hydrogens (tertiary/aromatic N) is 1. The number of likely N-dealkylation sites (tertiary alicyclic amines) is 1. The molecule has 1 saturated heterocycles. The van der Waals surface area contributed by atoms with E-state index in [1.807, 2.05) is 0 Å². The van der Waals surface area contributed by atoms with E-state index in [1.165, 1.54) is 0 Å². The van der Waals surface area contributed by atoms with Crippen LogP contribution in [0.4, 0.5) is 4.79 Å². The molecule has 1 atom stereocenters. The van der Waals surface area contributed by atoms with Crippen molar-refractivity contribution in [3.8, 4) is 0 Å². The highest BCUT2D eigenvalue weighted by atomic mass is 35.6. The van der Waals surface area contributed by atoms with E-state index in [0.29, 0.717) is 0 Å². The van der Waals surface area contributed by atoms with Crippen LogP contribution in [0.3, 0.4) is 0 Å². The number of alkyl halides is 3. The third-order valence-corrected chi connectivity index (χ3v) is 1.87. The number of amides is 2. The average molecular weight is 261 g/mol. The number of hydrogen-bond donors (Lipinski definition) is 1. The summed E-state index contributed by atoms with van der Waals surface area (Å²) < 4.78 is 2.87. The molecule has 0 aromatic heterocycles. The molecule has 80 valence electrons. The summed E-state index contributed by atoms with van der Waals surface area (Å²) in [6.45, 7) is -0.271. The minimum atomic E-state index is -1.67. The number of nitrogens with two attached hydrogens (primary N) is 1. The molecule has 0 aliphatic carbocycles. The van der Waals surface area contributed by atoms with Crippen LogP contribution in [0, 0.1) is 0 Å². The van der Waals surface area contributed by atoms with E-state index in [9.17, 15) is 9.59 Å². The Morgan fingerprint density at radius 2 is 2.21 bits per heavy atom. The fourth-order valence-electron chi connectivity index (χ4n) is 0.838. The van der Waals surface area contributed by atoms with Crippen LogP contribution in [-0.2, 0) is 9.53 Å². The van der Waals surface area contributed by atoms with Crippen LogP contribution in [0.1, 0.15) is 0 Å². The highest BCUT2D eigenvalue weighted by Gasteiger charge is 2.39. The Balaban J connectivity index is 2.34. The number of rotatable bonds is 1. The number of carbonyl (C=O) groups excluding carboxylic acids is 2. The number of halogens is 3. The first-order valence-electron chi connectivity index (χ1n) is 3.62. The van der Waals surface area contributed by atoms with Gasteiger partial charge in [-0.1, -0.05) is 34.8 Å². The lowest BCUT2D eigenvalue weighted by Crippen LogP contribution is -2.63. The second kappa shape index (κ2) is 4.10. The van der Waals surface area contributed by atoms with Crippen LogP contribution in [0.2, 0.25) is 0 Å². The summed E-state index contributed by atoms with van der Waals surface area (Å²) in [5, 5.41) is 0. The Bertz CT molecular complexity index is 266. The molecule has 0 aromatic rings. The summed E-state index contributed by atoms with van der Waals surface area (Å²) in [4.78, 5) is 22.9. The van der Waals surface area contributed by atoms with Crippen LogP contribution in [-0.4, -0.2) is 39.9 Å². The molecule has 5 nitrogen and oxygen atoms in total. The van der Waals surface area contributed by atoms with Crippen LogP contribution < -0.4 is 5.73 Å². The maximum Gasteiger partial charge on any atom is 0.416 e. The summed E-state index contributed by atoms with van der Waals surface area (Å²) in [6.07, 6.45) is -0.844. The lowest BCUT2D eigenvalue weighted by molar-refractivity contribution is -0.139. The molecule has 1 fully saturated rings. The van der Waals surface area contributed by atoms with Crippen LogP contribution in [0.25, 0.3) is 0 Å². The van der Waals surface area contributed by atoms with Crippen molar-refractivity contribution in [1.29, 1.82) is 0 Å². The van der Waals surface area contributed by atoms with Crippen LogP contribution in [0.5, 0.6) is 0 Å². The van der Waals surface area contributed by atoms with E-state index in [1.54, 1.807) is 0 Å². The van der Waals surface area contributed by atoms with Crippen LogP contribution >= 0.6 is 34.8 Å².